The van der Waals surface area contributed by atoms with Crippen LogP contribution in [0, 0.1) is 11.8 Å². The van der Waals surface area contributed by atoms with Gasteiger partial charge in [0.15, 0.2) is 0 Å². The van der Waals surface area contributed by atoms with Crippen molar-refractivity contribution in [2.75, 3.05) is 0 Å². The van der Waals surface area contributed by atoms with E-state index in [1.807, 2.05) is 0 Å². The van der Waals surface area contributed by atoms with Crippen LogP contribution in [-0.2, 0) is 0 Å². The molecule has 1 aromatic rings. The lowest BCUT2D eigenvalue weighted by molar-refractivity contribution is 0.303. The van der Waals surface area contributed by atoms with E-state index >= 15 is 0 Å². The smallest absolute Gasteiger partial charge is 0.0162 e. The van der Waals surface area contributed by atoms with E-state index in [9.17, 15) is 0 Å². The van der Waals surface area contributed by atoms with Crippen LogP contribution in [0.15, 0.2) is 30.3 Å². The molecule has 0 radical (unpaired) electrons. The van der Waals surface area contributed by atoms with Gasteiger partial charge >= 0.3 is 0 Å². The van der Waals surface area contributed by atoms with Gasteiger partial charge in [-0.1, -0.05) is 128 Å². The van der Waals surface area contributed by atoms with Crippen LogP contribution in [0.2, 0.25) is 0 Å². The molecule has 0 N–H and O–H groups in total. The number of unbranched alkanes of at least 4 members (excludes halogenated alkanes) is 9. The minimum atomic E-state index is 0.817. The van der Waals surface area contributed by atoms with Crippen LogP contribution in [0.1, 0.15) is 159 Å². The van der Waals surface area contributed by atoms with Gasteiger partial charge in [-0.15, -0.1) is 0 Å². The lowest BCUT2D eigenvalue weighted by Crippen LogP contribution is -2.13. The topological polar surface area (TPSA) is 0 Å². The molecular formula is C33H54. The Morgan fingerprint density at radius 1 is 0.606 bits per heavy atom. The normalized spacial score (nSPS) is 23.5. The first kappa shape index (κ1) is 26.6. The van der Waals surface area contributed by atoms with E-state index in [1.54, 1.807) is 11.1 Å². The fraction of sp³-hybridized carbons (Fsp3) is 0.758. The molecule has 0 heterocycles. The number of rotatable bonds is 15. The summed E-state index contributed by atoms with van der Waals surface area (Å²) in [6.45, 7) is 4.63. The Morgan fingerprint density at radius 2 is 1.18 bits per heavy atom. The summed E-state index contributed by atoms with van der Waals surface area (Å²) in [4.78, 5) is 0. The predicted octanol–water partition coefficient (Wildman–Crippen LogP) is 11.3. The third kappa shape index (κ3) is 9.62. The van der Waals surface area contributed by atoms with Crippen LogP contribution in [0.4, 0.5) is 0 Å². The summed E-state index contributed by atoms with van der Waals surface area (Å²) in [7, 11) is 0. The van der Waals surface area contributed by atoms with Crippen molar-refractivity contribution in [1.82, 2.24) is 0 Å². The molecule has 2 aliphatic rings. The van der Waals surface area contributed by atoms with Gasteiger partial charge in [0.2, 0.25) is 0 Å². The number of hydrogen-bond donors (Lipinski definition) is 0. The molecule has 1 atom stereocenters. The van der Waals surface area contributed by atoms with Crippen LogP contribution < -0.4 is 0 Å². The van der Waals surface area contributed by atoms with E-state index in [0.717, 1.165) is 17.8 Å². The highest BCUT2D eigenvalue weighted by Crippen LogP contribution is 2.39. The van der Waals surface area contributed by atoms with Gasteiger partial charge < -0.3 is 0 Å². The summed E-state index contributed by atoms with van der Waals surface area (Å²) in [5, 5.41) is 0. The maximum atomic E-state index is 2.58. The zero-order valence-electron chi connectivity index (χ0n) is 22.3. The second-order valence-electron chi connectivity index (χ2n) is 11.5. The zero-order chi connectivity index (χ0) is 23.1. The molecule has 1 aromatic carbocycles. The van der Waals surface area contributed by atoms with Gasteiger partial charge in [0.25, 0.3) is 0 Å². The first-order chi connectivity index (χ1) is 16.3. The van der Waals surface area contributed by atoms with E-state index in [-0.39, 0.29) is 0 Å². The Morgan fingerprint density at radius 3 is 1.82 bits per heavy atom. The molecule has 0 heteroatoms. The first-order valence-corrected chi connectivity index (χ1v) is 15.1. The highest BCUT2D eigenvalue weighted by molar-refractivity contribution is 5.66. The van der Waals surface area contributed by atoms with Crippen molar-refractivity contribution < 1.29 is 0 Å². The lowest BCUT2D eigenvalue weighted by Gasteiger charge is -2.29. The van der Waals surface area contributed by atoms with Gasteiger partial charge in [0.05, 0.1) is 0 Å². The first-order valence-electron chi connectivity index (χ1n) is 15.1. The van der Waals surface area contributed by atoms with E-state index in [0.29, 0.717) is 0 Å². The Kier molecular flexibility index (Phi) is 12.7. The van der Waals surface area contributed by atoms with Gasteiger partial charge in [-0.2, -0.15) is 0 Å². The largest absolute Gasteiger partial charge is 0.0804 e. The van der Waals surface area contributed by atoms with Gasteiger partial charge in [0, 0.05) is 0 Å². The van der Waals surface area contributed by atoms with E-state index in [1.165, 1.54) is 134 Å². The standard InChI is InChI=1S/C33H54/c1-3-5-7-8-9-10-11-13-15-29-18-22-31(23-19-29)33-26-24-32(25-27-33)30-20-16-28(17-21-30)14-12-6-4-2/h22,24-30H,3-21,23H2,1-2H3. The highest BCUT2D eigenvalue weighted by atomic mass is 14.3. The van der Waals surface area contributed by atoms with Crippen molar-refractivity contribution >= 4 is 5.57 Å². The number of allylic oxidation sites excluding steroid dienone is 2. The van der Waals surface area contributed by atoms with Crippen LogP contribution >= 0.6 is 0 Å². The van der Waals surface area contributed by atoms with E-state index in [2.05, 4.69) is 44.2 Å². The summed E-state index contributed by atoms with van der Waals surface area (Å²) in [5.41, 5.74) is 4.72. The van der Waals surface area contributed by atoms with Crippen LogP contribution in [0.25, 0.3) is 5.57 Å². The summed E-state index contributed by atoms with van der Waals surface area (Å²) < 4.78 is 0. The van der Waals surface area contributed by atoms with Gasteiger partial charge in [-0.3, -0.25) is 0 Å². The Balaban J connectivity index is 1.33. The van der Waals surface area contributed by atoms with Gasteiger partial charge in [-0.25, -0.2) is 0 Å². The molecular weight excluding hydrogens is 396 g/mol. The SMILES string of the molecule is CCCCCCCCCCC1CC=C(c2ccc(C3CCC(CCCCC)CC3)cc2)CC1. The predicted molar refractivity (Wildman–Crippen MR) is 148 cm³/mol. The van der Waals surface area contributed by atoms with E-state index in [4.69, 9.17) is 0 Å². The summed E-state index contributed by atoms with van der Waals surface area (Å²) >= 11 is 0. The van der Waals surface area contributed by atoms with Crippen LogP contribution in [0.3, 0.4) is 0 Å². The third-order valence-electron chi connectivity index (χ3n) is 8.80. The molecule has 0 aliphatic heterocycles. The average molecular weight is 451 g/mol. The molecule has 0 nitrogen and oxygen atoms in total. The molecule has 186 valence electrons. The van der Waals surface area contributed by atoms with Crippen molar-refractivity contribution in [2.24, 2.45) is 11.8 Å². The fourth-order valence-corrected chi connectivity index (χ4v) is 6.42. The highest BCUT2D eigenvalue weighted by Gasteiger charge is 2.22. The number of hydrogen-bond acceptors (Lipinski definition) is 0. The molecule has 1 fully saturated rings. The third-order valence-corrected chi connectivity index (χ3v) is 8.80. The molecule has 1 unspecified atom stereocenters. The second kappa shape index (κ2) is 15.8. The molecule has 1 saturated carbocycles. The molecule has 33 heavy (non-hydrogen) atoms. The zero-order valence-corrected chi connectivity index (χ0v) is 22.3. The average Bonchev–Trinajstić information content (AvgIpc) is 2.87. The van der Waals surface area contributed by atoms with E-state index < -0.39 is 0 Å². The Bertz CT molecular complexity index is 643. The van der Waals surface area contributed by atoms with Crippen LogP contribution in [-0.4, -0.2) is 0 Å². The van der Waals surface area contributed by atoms with Gasteiger partial charge in [0.1, 0.15) is 0 Å². The Hall–Kier alpha value is -1.04. The quantitative estimate of drug-likeness (QED) is 0.233. The minimum absolute atomic E-state index is 0.817. The lowest BCUT2D eigenvalue weighted by atomic mass is 9.76. The molecule has 0 bridgehead atoms. The molecule has 3 rings (SSSR count). The van der Waals surface area contributed by atoms with Gasteiger partial charge in [-0.05, 0) is 79.4 Å². The minimum Gasteiger partial charge on any atom is -0.0804 e. The van der Waals surface area contributed by atoms with Crippen molar-refractivity contribution in [2.45, 2.75) is 148 Å². The molecule has 2 aliphatic carbocycles. The van der Waals surface area contributed by atoms with Crippen molar-refractivity contribution in [1.29, 1.82) is 0 Å². The maximum Gasteiger partial charge on any atom is -0.0162 e. The molecule has 0 spiro atoms. The molecule has 0 aromatic heterocycles. The summed E-state index contributed by atoms with van der Waals surface area (Å²) in [6.07, 6.45) is 31.1. The summed E-state index contributed by atoms with van der Waals surface area (Å²) in [5.74, 6) is 2.77. The number of benzene rings is 1. The van der Waals surface area contributed by atoms with Crippen molar-refractivity contribution in [3.05, 3.63) is 41.5 Å². The molecule has 0 saturated heterocycles. The van der Waals surface area contributed by atoms with Crippen molar-refractivity contribution in [3.63, 3.8) is 0 Å². The van der Waals surface area contributed by atoms with Crippen LogP contribution in [0.5, 0.6) is 0 Å². The summed E-state index contributed by atoms with van der Waals surface area (Å²) in [6, 6.07) is 9.80. The Labute approximate surface area is 207 Å². The maximum absolute atomic E-state index is 2.58. The molecule has 0 amide bonds. The van der Waals surface area contributed by atoms with Crippen molar-refractivity contribution in [3.8, 4) is 0 Å². The second-order valence-corrected chi connectivity index (χ2v) is 11.5. The fourth-order valence-electron chi connectivity index (χ4n) is 6.42. The monoisotopic (exact) mass is 450 g/mol.